The molecule has 0 unspecified atom stereocenters. The number of hydrogen-bond acceptors (Lipinski definition) is 4. The minimum atomic E-state index is -2.95. The van der Waals surface area contributed by atoms with Gasteiger partial charge in [0, 0.05) is 19.0 Å². The number of nitrogens with one attached hydrogen (secondary N) is 1. The monoisotopic (exact) mass is 383 g/mol. The van der Waals surface area contributed by atoms with Crippen LogP contribution in [0.4, 0.5) is 13.2 Å². The first-order valence-corrected chi connectivity index (χ1v) is 8.24. The van der Waals surface area contributed by atoms with Crippen LogP contribution in [-0.2, 0) is 11.3 Å². The Balaban J connectivity index is 1.73. The molecule has 0 saturated carbocycles. The average Bonchev–Trinajstić information content (AvgIpc) is 2.64. The van der Waals surface area contributed by atoms with Crippen molar-refractivity contribution >= 4 is 5.91 Å². The Morgan fingerprint density at radius 3 is 2.67 bits per heavy atom. The number of halogens is 3. The lowest BCUT2D eigenvalue weighted by atomic mass is 10.2. The van der Waals surface area contributed by atoms with Gasteiger partial charge in [-0.05, 0) is 36.2 Å². The van der Waals surface area contributed by atoms with Crippen molar-refractivity contribution in [2.75, 3.05) is 13.7 Å². The Kier molecular flexibility index (Phi) is 7.79. The highest BCUT2D eigenvalue weighted by Gasteiger charge is 2.11. The van der Waals surface area contributed by atoms with Gasteiger partial charge >= 0.3 is 6.61 Å². The maximum absolute atomic E-state index is 13.0. The minimum Gasteiger partial charge on any atom is -0.493 e. The fourth-order valence-electron chi connectivity index (χ4n) is 2.28. The van der Waals surface area contributed by atoms with Gasteiger partial charge in [-0.3, -0.25) is 4.79 Å². The molecule has 0 saturated heterocycles. The molecule has 0 aliphatic rings. The lowest BCUT2D eigenvalue weighted by Gasteiger charge is -2.12. The van der Waals surface area contributed by atoms with Crippen molar-refractivity contribution in [1.82, 2.24) is 5.32 Å². The van der Waals surface area contributed by atoms with Crippen molar-refractivity contribution in [1.29, 1.82) is 0 Å². The van der Waals surface area contributed by atoms with Crippen LogP contribution in [0.1, 0.15) is 18.4 Å². The van der Waals surface area contributed by atoms with Gasteiger partial charge in [-0.15, -0.1) is 0 Å². The van der Waals surface area contributed by atoms with Crippen LogP contribution in [0.25, 0.3) is 0 Å². The SMILES string of the molecule is COc1cc(CNC(=O)CCCOc2cccc(F)c2)ccc1OC(F)F. The molecule has 0 radical (unpaired) electrons. The summed E-state index contributed by atoms with van der Waals surface area (Å²) in [7, 11) is 1.34. The fraction of sp³-hybridized carbons (Fsp3) is 0.316. The number of amides is 1. The highest BCUT2D eigenvalue weighted by atomic mass is 19.3. The molecule has 2 rings (SSSR count). The molecule has 0 heterocycles. The largest absolute Gasteiger partial charge is 0.493 e. The normalized spacial score (nSPS) is 10.6. The lowest BCUT2D eigenvalue weighted by molar-refractivity contribution is -0.121. The van der Waals surface area contributed by atoms with Crippen molar-refractivity contribution in [2.45, 2.75) is 26.0 Å². The highest BCUT2D eigenvalue weighted by Crippen LogP contribution is 2.29. The predicted octanol–water partition coefficient (Wildman–Crippen LogP) is 3.91. The number of alkyl halides is 2. The molecule has 0 aliphatic carbocycles. The quantitative estimate of drug-likeness (QED) is 0.632. The van der Waals surface area contributed by atoms with E-state index in [0.29, 0.717) is 17.7 Å². The molecule has 146 valence electrons. The second-order valence-corrected chi connectivity index (χ2v) is 5.55. The van der Waals surface area contributed by atoms with Crippen LogP contribution >= 0.6 is 0 Å². The van der Waals surface area contributed by atoms with Gasteiger partial charge in [0.1, 0.15) is 11.6 Å². The van der Waals surface area contributed by atoms with Crippen molar-refractivity contribution in [2.24, 2.45) is 0 Å². The van der Waals surface area contributed by atoms with Gasteiger partial charge in [-0.25, -0.2) is 4.39 Å². The molecule has 5 nitrogen and oxygen atoms in total. The zero-order chi connectivity index (χ0) is 19.6. The molecular formula is C19H20F3NO4. The summed E-state index contributed by atoms with van der Waals surface area (Å²) in [5, 5.41) is 2.72. The van der Waals surface area contributed by atoms with E-state index in [1.165, 1.54) is 31.4 Å². The van der Waals surface area contributed by atoms with Crippen LogP contribution in [0.5, 0.6) is 17.2 Å². The molecule has 2 aromatic rings. The number of hydrogen-bond donors (Lipinski definition) is 1. The smallest absolute Gasteiger partial charge is 0.387 e. The van der Waals surface area contributed by atoms with E-state index in [2.05, 4.69) is 10.1 Å². The number of carbonyl (C=O) groups is 1. The summed E-state index contributed by atoms with van der Waals surface area (Å²) in [5.74, 6) is -0.0772. The maximum atomic E-state index is 13.0. The summed E-state index contributed by atoms with van der Waals surface area (Å²) in [4.78, 5) is 11.9. The molecule has 0 aromatic heterocycles. The van der Waals surface area contributed by atoms with Gasteiger partial charge in [0.2, 0.25) is 5.91 Å². The van der Waals surface area contributed by atoms with E-state index in [4.69, 9.17) is 9.47 Å². The number of carbonyl (C=O) groups excluding carboxylic acids is 1. The van der Waals surface area contributed by atoms with Gasteiger partial charge in [0.25, 0.3) is 0 Å². The van der Waals surface area contributed by atoms with E-state index in [-0.39, 0.29) is 42.8 Å². The Morgan fingerprint density at radius 2 is 1.96 bits per heavy atom. The number of benzene rings is 2. The van der Waals surface area contributed by atoms with Crippen LogP contribution in [0, 0.1) is 5.82 Å². The van der Waals surface area contributed by atoms with E-state index in [1.807, 2.05) is 0 Å². The van der Waals surface area contributed by atoms with E-state index in [1.54, 1.807) is 18.2 Å². The Morgan fingerprint density at radius 1 is 1.15 bits per heavy atom. The van der Waals surface area contributed by atoms with Crippen LogP contribution in [-0.4, -0.2) is 26.2 Å². The van der Waals surface area contributed by atoms with Gasteiger partial charge in [-0.2, -0.15) is 8.78 Å². The molecule has 0 aliphatic heterocycles. The Bertz CT molecular complexity index is 755. The number of methoxy groups -OCH3 is 1. The maximum Gasteiger partial charge on any atom is 0.387 e. The lowest BCUT2D eigenvalue weighted by Crippen LogP contribution is -2.23. The van der Waals surface area contributed by atoms with Crippen LogP contribution < -0.4 is 19.5 Å². The van der Waals surface area contributed by atoms with Crippen LogP contribution in [0.3, 0.4) is 0 Å². The van der Waals surface area contributed by atoms with Crippen molar-refractivity contribution in [3.63, 3.8) is 0 Å². The summed E-state index contributed by atoms with van der Waals surface area (Å²) in [5.41, 5.74) is 0.679. The molecule has 2 aromatic carbocycles. The van der Waals surface area contributed by atoms with E-state index in [9.17, 15) is 18.0 Å². The molecule has 8 heteroatoms. The van der Waals surface area contributed by atoms with E-state index < -0.39 is 6.61 Å². The van der Waals surface area contributed by atoms with Crippen LogP contribution in [0.15, 0.2) is 42.5 Å². The van der Waals surface area contributed by atoms with Crippen molar-refractivity contribution in [3.05, 3.63) is 53.8 Å². The van der Waals surface area contributed by atoms with Crippen molar-refractivity contribution in [3.8, 4) is 17.2 Å². The summed E-state index contributed by atoms with van der Waals surface area (Å²) >= 11 is 0. The second-order valence-electron chi connectivity index (χ2n) is 5.55. The molecule has 0 atom stereocenters. The topological polar surface area (TPSA) is 56.8 Å². The standard InChI is InChI=1S/C19H20F3NO4/c1-25-17-10-13(7-8-16(17)27-19(21)22)12-23-18(24)6-3-9-26-15-5-2-4-14(20)11-15/h2,4-5,7-8,10-11,19H,3,6,9,12H2,1H3,(H,23,24). The predicted molar refractivity (Wildman–Crippen MR) is 92.6 cm³/mol. The summed E-state index contributed by atoms with van der Waals surface area (Å²) in [6, 6.07) is 10.2. The average molecular weight is 383 g/mol. The highest BCUT2D eigenvalue weighted by molar-refractivity contribution is 5.75. The first-order chi connectivity index (χ1) is 13.0. The number of ether oxygens (including phenoxy) is 3. The fourth-order valence-corrected chi connectivity index (χ4v) is 2.28. The molecule has 0 bridgehead atoms. The third-order valence-electron chi connectivity index (χ3n) is 3.55. The number of rotatable bonds is 10. The third-order valence-corrected chi connectivity index (χ3v) is 3.55. The van der Waals surface area contributed by atoms with Gasteiger partial charge in [0.15, 0.2) is 11.5 Å². The molecule has 1 amide bonds. The molecule has 27 heavy (non-hydrogen) atoms. The zero-order valence-corrected chi connectivity index (χ0v) is 14.7. The van der Waals surface area contributed by atoms with Crippen LogP contribution in [0.2, 0.25) is 0 Å². The molecular weight excluding hydrogens is 363 g/mol. The van der Waals surface area contributed by atoms with Gasteiger partial charge < -0.3 is 19.5 Å². The first-order valence-electron chi connectivity index (χ1n) is 8.24. The summed E-state index contributed by atoms with van der Waals surface area (Å²) < 4.78 is 52.3. The molecule has 0 fully saturated rings. The van der Waals surface area contributed by atoms with Gasteiger partial charge in [0.05, 0.1) is 13.7 Å². The minimum absolute atomic E-state index is 0.0722. The third kappa shape index (κ3) is 7.08. The second kappa shape index (κ2) is 10.3. The molecule has 0 spiro atoms. The zero-order valence-electron chi connectivity index (χ0n) is 14.7. The van der Waals surface area contributed by atoms with E-state index >= 15 is 0 Å². The molecule has 1 N–H and O–H groups in total. The Hall–Kier alpha value is -2.90. The van der Waals surface area contributed by atoms with Crippen molar-refractivity contribution < 1.29 is 32.2 Å². The summed E-state index contributed by atoms with van der Waals surface area (Å²) in [6.07, 6.45) is 0.700. The summed E-state index contributed by atoms with van der Waals surface area (Å²) in [6.45, 7) is -2.45. The Labute approximate surface area is 155 Å². The van der Waals surface area contributed by atoms with Gasteiger partial charge in [-0.1, -0.05) is 12.1 Å². The van der Waals surface area contributed by atoms with E-state index in [0.717, 1.165) is 0 Å². The first kappa shape index (κ1) is 20.4.